The van der Waals surface area contributed by atoms with Gasteiger partial charge >= 0.3 is 0 Å². The van der Waals surface area contributed by atoms with Crippen molar-refractivity contribution < 1.29 is 0 Å². The molecule has 0 aliphatic carbocycles. The van der Waals surface area contributed by atoms with E-state index in [1.54, 1.807) is 35.6 Å². The van der Waals surface area contributed by atoms with Gasteiger partial charge in [0.15, 0.2) is 5.82 Å². The van der Waals surface area contributed by atoms with Crippen LogP contribution in [0.15, 0.2) is 52.0 Å². The highest BCUT2D eigenvalue weighted by molar-refractivity contribution is 7.99. The van der Waals surface area contributed by atoms with E-state index in [0.717, 1.165) is 21.6 Å². The zero-order valence-electron chi connectivity index (χ0n) is 12.0. The van der Waals surface area contributed by atoms with Crippen LogP contribution in [-0.4, -0.2) is 20.2 Å². The molecule has 3 aromatic heterocycles. The van der Waals surface area contributed by atoms with Crippen molar-refractivity contribution in [1.29, 1.82) is 5.26 Å². The van der Waals surface area contributed by atoms with Gasteiger partial charge in [0.2, 0.25) is 5.16 Å². The summed E-state index contributed by atoms with van der Waals surface area (Å²) in [5.41, 5.74) is 1.24. The SMILES string of the molecule is N#Cc1cc(Sc2n[nH]c(-c3cccs3)n2)nc2ccc(Cl)cc12. The predicted octanol–water partition coefficient (Wildman–Crippen LogP) is 4.76. The van der Waals surface area contributed by atoms with Crippen molar-refractivity contribution >= 4 is 45.6 Å². The molecule has 116 valence electrons. The predicted molar refractivity (Wildman–Crippen MR) is 95.3 cm³/mol. The standard InChI is InChI=1S/C16H8ClN5S2/c17-10-3-4-12-11(7-10)9(8-18)6-14(19-12)24-16-20-15(21-22-16)13-2-1-5-23-13/h1-7H,(H,20,21,22). The fourth-order valence-electron chi connectivity index (χ4n) is 2.23. The highest BCUT2D eigenvalue weighted by Crippen LogP contribution is 2.30. The third kappa shape index (κ3) is 2.87. The molecule has 0 aliphatic rings. The van der Waals surface area contributed by atoms with Crippen molar-refractivity contribution in [2.45, 2.75) is 10.2 Å². The number of nitriles is 1. The molecule has 24 heavy (non-hydrogen) atoms. The second kappa shape index (κ2) is 6.24. The number of aromatic amines is 1. The van der Waals surface area contributed by atoms with Gasteiger partial charge in [-0.3, -0.25) is 5.10 Å². The molecular weight excluding hydrogens is 362 g/mol. The molecule has 0 spiro atoms. The molecule has 4 aromatic rings. The number of H-pyrrole nitrogens is 1. The highest BCUT2D eigenvalue weighted by Gasteiger charge is 2.11. The Hall–Kier alpha value is -2.40. The van der Waals surface area contributed by atoms with Gasteiger partial charge in [-0.25, -0.2) is 9.97 Å². The van der Waals surface area contributed by atoms with Crippen molar-refractivity contribution in [2.24, 2.45) is 0 Å². The summed E-state index contributed by atoms with van der Waals surface area (Å²) in [5, 5.41) is 21.0. The van der Waals surface area contributed by atoms with E-state index in [1.807, 2.05) is 17.5 Å². The van der Waals surface area contributed by atoms with Crippen LogP contribution in [0.2, 0.25) is 5.02 Å². The Morgan fingerprint density at radius 3 is 2.92 bits per heavy atom. The number of aromatic nitrogens is 4. The minimum Gasteiger partial charge on any atom is -0.257 e. The van der Waals surface area contributed by atoms with E-state index in [4.69, 9.17) is 11.6 Å². The van der Waals surface area contributed by atoms with Gasteiger partial charge in [-0.05, 0) is 47.5 Å². The molecule has 3 heterocycles. The number of hydrogen-bond donors (Lipinski definition) is 1. The number of fused-ring (bicyclic) bond motifs is 1. The Kier molecular flexibility index (Phi) is 3.94. The monoisotopic (exact) mass is 369 g/mol. The summed E-state index contributed by atoms with van der Waals surface area (Å²) >= 11 is 8.90. The minimum absolute atomic E-state index is 0.527. The topological polar surface area (TPSA) is 78.2 Å². The summed E-state index contributed by atoms with van der Waals surface area (Å²) in [7, 11) is 0. The second-order valence-corrected chi connectivity index (χ2v) is 7.20. The van der Waals surface area contributed by atoms with Crippen molar-refractivity contribution in [1.82, 2.24) is 20.2 Å². The molecule has 4 rings (SSSR count). The van der Waals surface area contributed by atoms with E-state index >= 15 is 0 Å². The van der Waals surface area contributed by atoms with Crippen LogP contribution >= 0.6 is 34.7 Å². The van der Waals surface area contributed by atoms with Crippen LogP contribution in [0.1, 0.15) is 5.56 Å². The Morgan fingerprint density at radius 1 is 1.21 bits per heavy atom. The van der Waals surface area contributed by atoms with E-state index in [0.29, 0.717) is 20.8 Å². The van der Waals surface area contributed by atoms with Crippen molar-refractivity contribution in [3.05, 3.63) is 52.4 Å². The van der Waals surface area contributed by atoms with Crippen molar-refractivity contribution in [3.63, 3.8) is 0 Å². The molecule has 0 bridgehead atoms. The van der Waals surface area contributed by atoms with Gasteiger partial charge in [0, 0.05) is 10.4 Å². The largest absolute Gasteiger partial charge is 0.257 e. The maximum Gasteiger partial charge on any atom is 0.215 e. The van der Waals surface area contributed by atoms with Crippen LogP contribution in [0, 0.1) is 11.3 Å². The molecule has 5 nitrogen and oxygen atoms in total. The molecule has 0 saturated carbocycles. The molecule has 0 fully saturated rings. The van der Waals surface area contributed by atoms with Crippen LogP contribution < -0.4 is 0 Å². The second-order valence-electron chi connectivity index (χ2n) is 4.83. The first kappa shape index (κ1) is 15.1. The van der Waals surface area contributed by atoms with Gasteiger partial charge in [-0.1, -0.05) is 17.7 Å². The molecular formula is C16H8ClN5S2. The fourth-order valence-corrected chi connectivity index (χ4v) is 3.80. The molecule has 0 amide bonds. The van der Waals surface area contributed by atoms with E-state index in [9.17, 15) is 5.26 Å². The summed E-state index contributed by atoms with van der Waals surface area (Å²) in [6.45, 7) is 0. The molecule has 0 saturated heterocycles. The lowest BCUT2D eigenvalue weighted by Gasteiger charge is -2.03. The quantitative estimate of drug-likeness (QED) is 0.563. The number of pyridine rings is 1. The first-order chi connectivity index (χ1) is 11.7. The number of rotatable bonds is 3. The van der Waals surface area contributed by atoms with Crippen LogP contribution in [0.4, 0.5) is 0 Å². The Bertz CT molecular complexity index is 1070. The Balaban J connectivity index is 1.70. The van der Waals surface area contributed by atoms with Gasteiger partial charge in [0.1, 0.15) is 5.03 Å². The fraction of sp³-hybridized carbons (Fsp3) is 0. The molecule has 0 aliphatic heterocycles. The molecule has 1 N–H and O–H groups in total. The summed E-state index contributed by atoms with van der Waals surface area (Å²) in [5.74, 6) is 0.723. The number of thiophene rings is 1. The van der Waals surface area contributed by atoms with E-state index in [2.05, 4.69) is 26.2 Å². The van der Waals surface area contributed by atoms with Gasteiger partial charge in [0.25, 0.3) is 0 Å². The average Bonchev–Trinajstić information content (AvgIpc) is 3.25. The third-order valence-corrected chi connectivity index (χ3v) is 5.18. The smallest absolute Gasteiger partial charge is 0.215 e. The lowest BCUT2D eigenvalue weighted by Crippen LogP contribution is -1.88. The van der Waals surface area contributed by atoms with Gasteiger partial charge in [-0.2, -0.15) is 5.26 Å². The van der Waals surface area contributed by atoms with Gasteiger partial charge < -0.3 is 0 Å². The van der Waals surface area contributed by atoms with Gasteiger partial charge in [-0.15, -0.1) is 16.4 Å². The normalized spacial score (nSPS) is 10.8. The number of benzene rings is 1. The van der Waals surface area contributed by atoms with E-state index in [1.165, 1.54) is 11.8 Å². The molecule has 0 atom stereocenters. The molecule has 8 heteroatoms. The maximum absolute atomic E-state index is 9.38. The van der Waals surface area contributed by atoms with Gasteiger partial charge in [0.05, 0.1) is 22.0 Å². The van der Waals surface area contributed by atoms with Crippen LogP contribution in [0.3, 0.4) is 0 Å². The molecule has 0 unspecified atom stereocenters. The van der Waals surface area contributed by atoms with Crippen molar-refractivity contribution in [3.8, 4) is 16.8 Å². The lowest BCUT2D eigenvalue weighted by atomic mass is 10.1. The molecule has 1 aromatic carbocycles. The zero-order valence-corrected chi connectivity index (χ0v) is 14.4. The first-order valence-electron chi connectivity index (χ1n) is 6.87. The summed E-state index contributed by atoms with van der Waals surface area (Å²) in [6, 6.07) is 13.2. The van der Waals surface area contributed by atoms with E-state index in [-0.39, 0.29) is 0 Å². The van der Waals surface area contributed by atoms with Crippen LogP contribution in [-0.2, 0) is 0 Å². The minimum atomic E-state index is 0.527. The number of hydrogen-bond acceptors (Lipinski definition) is 6. The van der Waals surface area contributed by atoms with E-state index < -0.39 is 0 Å². The highest BCUT2D eigenvalue weighted by atomic mass is 35.5. The average molecular weight is 370 g/mol. The molecule has 0 radical (unpaired) electrons. The van der Waals surface area contributed by atoms with Crippen LogP contribution in [0.25, 0.3) is 21.6 Å². The van der Waals surface area contributed by atoms with Crippen molar-refractivity contribution in [2.75, 3.05) is 0 Å². The number of halogens is 1. The summed E-state index contributed by atoms with van der Waals surface area (Å²) in [4.78, 5) is 10.0. The Labute approximate surface area is 150 Å². The third-order valence-electron chi connectivity index (χ3n) is 3.28. The number of nitrogens with one attached hydrogen (secondary N) is 1. The first-order valence-corrected chi connectivity index (χ1v) is 8.95. The summed E-state index contributed by atoms with van der Waals surface area (Å²) < 4.78 is 0. The van der Waals surface area contributed by atoms with Crippen LogP contribution in [0.5, 0.6) is 0 Å². The summed E-state index contributed by atoms with van der Waals surface area (Å²) in [6.07, 6.45) is 0. The number of nitrogens with zero attached hydrogens (tertiary/aromatic N) is 4. The maximum atomic E-state index is 9.38. The zero-order chi connectivity index (χ0) is 16.5. The Morgan fingerprint density at radius 2 is 2.12 bits per heavy atom. The lowest BCUT2D eigenvalue weighted by molar-refractivity contribution is 0.969.